The molecule has 0 heterocycles. The van der Waals surface area contributed by atoms with Crippen molar-refractivity contribution in [1.82, 2.24) is 4.90 Å². The third kappa shape index (κ3) is 5.16. The number of hydrogen-bond acceptors (Lipinski definition) is 2. The van der Waals surface area contributed by atoms with Crippen LogP contribution in [0.4, 0.5) is 0 Å². The number of benzene rings is 2. The monoisotopic (exact) mass is 269 g/mol. The third-order valence-corrected chi connectivity index (χ3v) is 3.20. The normalized spacial score (nSPS) is 12.6. The molecule has 0 amide bonds. The molecule has 0 aromatic heterocycles. The molecule has 0 bridgehead atoms. The Morgan fingerprint density at radius 1 is 0.850 bits per heavy atom. The lowest BCUT2D eigenvalue weighted by molar-refractivity contribution is 0.0246. The van der Waals surface area contributed by atoms with Crippen LogP contribution in [-0.4, -0.2) is 31.6 Å². The molecular formula is C18H23NO. The summed E-state index contributed by atoms with van der Waals surface area (Å²) in [6, 6.07) is 20.9. The van der Waals surface area contributed by atoms with Gasteiger partial charge in [-0.3, -0.25) is 0 Å². The second-order valence-electron chi connectivity index (χ2n) is 5.37. The van der Waals surface area contributed by atoms with Crippen molar-refractivity contribution in [3.05, 3.63) is 71.8 Å². The molecule has 1 atom stereocenters. The van der Waals surface area contributed by atoms with Gasteiger partial charge in [0.15, 0.2) is 0 Å². The molecule has 2 rings (SSSR count). The van der Waals surface area contributed by atoms with Gasteiger partial charge in [0.25, 0.3) is 0 Å². The maximum Gasteiger partial charge on any atom is 0.0746 e. The van der Waals surface area contributed by atoms with Gasteiger partial charge in [-0.25, -0.2) is 0 Å². The van der Waals surface area contributed by atoms with Crippen molar-refractivity contribution in [2.24, 2.45) is 0 Å². The summed E-state index contributed by atoms with van der Waals surface area (Å²) in [5.41, 5.74) is 2.55. The highest BCUT2D eigenvalue weighted by atomic mass is 16.5. The predicted molar refractivity (Wildman–Crippen MR) is 83.7 cm³/mol. The van der Waals surface area contributed by atoms with Crippen molar-refractivity contribution < 1.29 is 4.74 Å². The van der Waals surface area contributed by atoms with Gasteiger partial charge in [-0.2, -0.15) is 0 Å². The lowest BCUT2D eigenvalue weighted by Gasteiger charge is -2.22. The quantitative estimate of drug-likeness (QED) is 0.764. The number of hydrogen-bond donors (Lipinski definition) is 0. The van der Waals surface area contributed by atoms with Crippen LogP contribution < -0.4 is 0 Å². The Balaban J connectivity index is 1.93. The Labute approximate surface area is 122 Å². The SMILES string of the molecule is CN(C)C[C@@H](Cc1ccccc1)OCc1ccccc1. The Morgan fingerprint density at radius 3 is 1.95 bits per heavy atom. The summed E-state index contributed by atoms with van der Waals surface area (Å²) in [6.45, 7) is 1.61. The molecule has 106 valence electrons. The molecule has 0 aliphatic heterocycles. The lowest BCUT2D eigenvalue weighted by Crippen LogP contribution is -2.30. The van der Waals surface area contributed by atoms with Crippen LogP contribution in [0.25, 0.3) is 0 Å². The van der Waals surface area contributed by atoms with Crippen LogP contribution in [0.5, 0.6) is 0 Å². The number of likely N-dealkylation sites (N-methyl/N-ethyl adjacent to an activating group) is 1. The van der Waals surface area contributed by atoms with Gasteiger partial charge < -0.3 is 9.64 Å². The zero-order chi connectivity index (χ0) is 14.2. The molecule has 0 fully saturated rings. The average molecular weight is 269 g/mol. The van der Waals surface area contributed by atoms with Crippen LogP contribution in [0.15, 0.2) is 60.7 Å². The average Bonchev–Trinajstić information content (AvgIpc) is 2.46. The topological polar surface area (TPSA) is 12.5 Å². The Kier molecular flexibility index (Phi) is 5.78. The van der Waals surface area contributed by atoms with Gasteiger partial charge in [-0.15, -0.1) is 0 Å². The first-order valence-corrected chi connectivity index (χ1v) is 7.08. The van der Waals surface area contributed by atoms with E-state index in [0.29, 0.717) is 6.61 Å². The second-order valence-corrected chi connectivity index (χ2v) is 5.37. The minimum atomic E-state index is 0.215. The molecule has 2 nitrogen and oxygen atoms in total. The van der Waals surface area contributed by atoms with E-state index in [2.05, 4.69) is 73.6 Å². The molecular weight excluding hydrogens is 246 g/mol. The number of nitrogens with zero attached hydrogens (tertiary/aromatic N) is 1. The van der Waals surface area contributed by atoms with E-state index >= 15 is 0 Å². The summed E-state index contributed by atoms with van der Waals surface area (Å²) >= 11 is 0. The van der Waals surface area contributed by atoms with E-state index in [1.807, 2.05) is 6.07 Å². The van der Waals surface area contributed by atoms with Crippen LogP contribution in [0.1, 0.15) is 11.1 Å². The Morgan fingerprint density at radius 2 is 1.40 bits per heavy atom. The summed E-state index contributed by atoms with van der Waals surface area (Å²) in [5.74, 6) is 0. The Hall–Kier alpha value is -1.64. The van der Waals surface area contributed by atoms with Crippen molar-refractivity contribution >= 4 is 0 Å². The van der Waals surface area contributed by atoms with E-state index in [1.54, 1.807) is 0 Å². The maximum atomic E-state index is 6.10. The highest BCUT2D eigenvalue weighted by molar-refractivity contribution is 5.16. The molecule has 0 saturated heterocycles. The van der Waals surface area contributed by atoms with E-state index in [9.17, 15) is 0 Å². The van der Waals surface area contributed by atoms with Crippen LogP contribution in [0, 0.1) is 0 Å². The molecule has 2 aromatic rings. The van der Waals surface area contributed by atoms with Gasteiger partial charge in [0.1, 0.15) is 0 Å². The van der Waals surface area contributed by atoms with Crippen LogP contribution in [-0.2, 0) is 17.8 Å². The number of ether oxygens (including phenoxy) is 1. The third-order valence-electron chi connectivity index (χ3n) is 3.20. The van der Waals surface area contributed by atoms with Gasteiger partial charge in [0.2, 0.25) is 0 Å². The zero-order valence-electron chi connectivity index (χ0n) is 12.3. The molecule has 0 aliphatic carbocycles. The minimum Gasteiger partial charge on any atom is -0.372 e. The molecule has 0 radical (unpaired) electrons. The van der Waals surface area contributed by atoms with Crippen LogP contribution in [0.3, 0.4) is 0 Å². The first-order valence-electron chi connectivity index (χ1n) is 7.08. The van der Waals surface area contributed by atoms with Crippen molar-refractivity contribution in [1.29, 1.82) is 0 Å². The molecule has 20 heavy (non-hydrogen) atoms. The molecule has 0 unspecified atom stereocenters. The molecule has 0 aliphatic rings. The van der Waals surface area contributed by atoms with Crippen molar-refractivity contribution in [3.8, 4) is 0 Å². The van der Waals surface area contributed by atoms with Crippen molar-refractivity contribution in [2.45, 2.75) is 19.1 Å². The highest BCUT2D eigenvalue weighted by Crippen LogP contribution is 2.10. The van der Waals surface area contributed by atoms with Crippen LogP contribution in [0.2, 0.25) is 0 Å². The first kappa shape index (κ1) is 14.8. The second kappa shape index (κ2) is 7.83. The predicted octanol–water partition coefficient (Wildman–Crippen LogP) is 3.38. The highest BCUT2D eigenvalue weighted by Gasteiger charge is 2.11. The Bertz CT molecular complexity index is 481. The van der Waals surface area contributed by atoms with E-state index in [-0.39, 0.29) is 6.10 Å². The zero-order valence-corrected chi connectivity index (χ0v) is 12.3. The summed E-state index contributed by atoms with van der Waals surface area (Å²) in [6.07, 6.45) is 1.17. The van der Waals surface area contributed by atoms with Gasteiger partial charge in [-0.05, 0) is 31.6 Å². The van der Waals surface area contributed by atoms with E-state index in [4.69, 9.17) is 4.74 Å². The van der Waals surface area contributed by atoms with Crippen LogP contribution >= 0.6 is 0 Å². The fourth-order valence-electron chi connectivity index (χ4n) is 2.25. The minimum absolute atomic E-state index is 0.215. The molecule has 2 heteroatoms. The fraction of sp³-hybridized carbons (Fsp3) is 0.333. The summed E-state index contributed by atoms with van der Waals surface area (Å²) in [5, 5.41) is 0. The van der Waals surface area contributed by atoms with Gasteiger partial charge >= 0.3 is 0 Å². The maximum absolute atomic E-state index is 6.10. The van der Waals surface area contributed by atoms with E-state index in [1.165, 1.54) is 11.1 Å². The van der Waals surface area contributed by atoms with Gasteiger partial charge in [0, 0.05) is 6.54 Å². The molecule has 2 aromatic carbocycles. The van der Waals surface area contributed by atoms with E-state index in [0.717, 1.165) is 13.0 Å². The molecule has 0 saturated carbocycles. The smallest absolute Gasteiger partial charge is 0.0746 e. The van der Waals surface area contributed by atoms with Gasteiger partial charge in [0.05, 0.1) is 12.7 Å². The van der Waals surface area contributed by atoms with E-state index < -0.39 is 0 Å². The van der Waals surface area contributed by atoms with Crippen molar-refractivity contribution in [3.63, 3.8) is 0 Å². The molecule has 0 N–H and O–H groups in total. The number of rotatable bonds is 7. The molecule has 0 spiro atoms. The summed E-state index contributed by atoms with van der Waals surface area (Å²) in [4.78, 5) is 2.18. The summed E-state index contributed by atoms with van der Waals surface area (Å²) in [7, 11) is 4.17. The lowest BCUT2D eigenvalue weighted by atomic mass is 10.1. The largest absolute Gasteiger partial charge is 0.372 e. The van der Waals surface area contributed by atoms with Crippen molar-refractivity contribution in [2.75, 3.05) is 20.6 Å². The fourth-order valence-corrected chi connectivity index (χ4v) is 2.25. The first-order chi connectivity index (χ1) is 9.74. The standard InChI is InChI=1S/C18H23NO/c1-19(2)14-18(13-16-9-5-3-6-10-16)20-15-17-11-7-4-8-12-17/h3-12,18H,13-15H2,1-2H3/t18-/m1/s1. The van der Waals surface area contributed by atoms with Gasteiger partial charge in [-0.1, -0.05) is 60.7 Å². The summed E-state index contributed by atoms with van der Waals surface area (Å²) < 4.78 is 6.10.